The second-order valence-electron chi connectivity index (χ2n) is 5.97. The fraction of sp³-hybridized carbons (Fsp3) is 0.500. The van der Waals surface area contributed by atoms with Gasteiger partial charge in [0.2, 0.25) is 6.41 Å². The fourth-order valence-corrected chi connectivity index (χ4v) is 2.51. The monoisotopic (exact) mass is 332 g/mol. The highest BCUT2D eigenvalue weighted by Gasteiger charge is 2.22. The van der Waals surface area contributed by atoms with Gasteiger partial charge in [-0.15, -0.1) is 0 Å². The molecule has 0 aliphatic rings. The number of carbonyl (C=O) groups excluding carboxylic acids is 2. The Morgan fingerprint density at radius 3 is 2.75 bits per heavy atom. The number of H-pyrrole nitrogens is 1. The third-order valence-electron chi connectivity index (χ3n) is 3.89. The second kappa shape index (κ2) is 7.76. The van der Waals surface area contributed by atoms with Crippen LogP contribution in [0.2, 0.25) is 0 Å². The maximum atomic E-state index is 12.6. The van der Waals surface area contributed by atoms with Crippen molar-refractivity contribution in [1.29, 1.82) is 0 Å². The number of nitrogens with zero attached hydrogens (tertiary/aromatic N) is 5. The molecule has 0 fully saturated rings. The van der Waals surface area contributed by atoms with Crippen molar-refractivity contribution in [2.24, 2.45) is 7.05 Å². The van der Waals surface area contributed by atoms with E-state index < -0.39 is 0 Å². The van der Waals surface area contributed by atoms with Crippen LogP contribution in [0.25, 0.3) is 0 Å². The standard InChI is InChI=1S/C16H24N6O2/c1-12-9-13(19-18-12)7-5-6-8-20(2)16(24)14-15(22(4)11-23)17-10-21(14)3/h9-11H,5-8H2,1-4H3,(H,18,19). The number of aryl methyl sites for hydroxylation is 3. The van der Waals surface area contributed by atoms with Crippen LogP contribution in [-0.2, 0) is 18.3 Å². The lowest BCUT2D eigenvalue weighted by Crippen LogP contribution is -2.31. The first-order valence-corrected chi connectivity index (χ1v) is 7.89. The van der Waals surface area contributed by atoms with Crippen molar-refractivity contribution in [1.82, 2.24) is 24.6 Å². The Labute approximate surface area is 141 Å². The molecule has 2 aromatic heterocycles. The number of hydrogen-bond acceptors (Lipinski definition) is 4. The Morgan fingerprint density at radius 2 is 2.12 bits per heavy atom. The van der Waals surface area contributed by atoms with Crippen molar-refractivity contribution in [3.8, 4) is 0 Å². The molecule has 0 aromatic carbocycles. The highest BCUT2D eigenvalue weighted by Crippen LogP contribution is 2.17. The van der Waals surface area contributed by atoms with E-state index in [2.05, 4.69) is 15.2 Å². The van der Waals surface area contributed by atoms with Gasteiger partial charge in [0.1, 0.15) is 0 Å². The molecular weight excluding hydrogens is 308 g/mol. The van der Waals surface area contributed by atoms with E-state index in [0.717, 1.165) is 30.7 Å². The Hall–Kier alpha value is -2.64. The predicted molar refractivity (Wildman–Crippen MR) is 90.9 cm³/mol. The molecule has 0 radical (unpaired) electrons. The summed E-state index contributed by atoms with van der Waals surface area (Å²) in [4.78, 5) is 30.7. The highest BCUT2D eigenvalue weighted by atomic mass is 16.2. The molecule has 2 aromatic rings. The molecule has 0 aliphatic heterocycles. The van der Waals surface area contributed by atoms with E-state index in [1.165, 1.54) is 11.2 Å². The summed E-state index contributed by atoms with van der Waals surface area (Å²) in [5.41, 5.74) is 2.51. The summed E-state index contributed by atoms with van der Waals surface area (Å²) >= 11 is 0. The van der Waals surface area contributed by atoms with Crippen LogP contribution in [0.5, 0.6) is 0 Å². The van der Waals surface area contributed by atoms with Crippen molar-refractivity contribution in [2.75, 3.05) is 25.5 Å². The Kier molecular flexibility index (Phi) is 5.73. The lowest BCUT2D eigenvalue weighted by atomic mass is 10.2. The van der Waals surface area contributed by atoms with E-state index in [0.29, 0.717) is 24.5 Å². The first-order valence-electron chi connectivity index (χ1n) is 7.89. The number of unbranched alkanes of at least 4 members (excludes halogenated alkanes) is 1. The van der Waals surface area contributed by atoms with Crippen molar-refractivity contribution in [2.45, 2.75) is 26.2 Å². The van der Waals surface area contributed by atoms with Crippen molar-refractivity contribution in [3.63, 3.8) is 0 Å². The summed E-state index contributed by atoms with van der Waals surface area (Å²) in [6.45, 7) is 2.61. The number of hydrogen-bond donors (Lipinski definition) is 1. The third kappa shape index (κ3) is 4.01. The number of amides is 2. The molecule has 0 saturated carbocycles. The molecule has 0 unspecified atom stereocenters. The lowest BCUT2D eigenvalue weighted by Gasteiger charge is -2.19. The van der Waals surface area contributed by atoms with Crippen molar-refractivity contribution < 1.29 is 9.59 Å². The van der Waals surface area contributed by atoms with Gasteiger partial charge in [0.15, 0.2) is 11.5 Å². The van der Waals surface area contributed by atoms with Crippen LogP contribution >= 0.6 is 0 Å². The Bertz CT molecular complexity index is 705. The molecular formula is C16H24N6O2. The quantitative estimate of drug-likeness (QED) is 0.580. The normalized spacial score (nSPS) is 10.7. The van der Waals surface area contributed by atoms with Crippen molar-refractivity contribution in [3.05, 3.63) is 29.5 Å². The molecule has 0 bridgehead atoms. The van der Waals surface area contributed by atoms with Gasteiger partial charge in [0.05, 0.1) is 12.0 Å². The van der Waals surface area contributed by atoms with Gasteiger partial charge in [0, 0.05) is 33.4 Å². The largest absolute Gasteiger partial charge is 0.340 e. The van der Waals surface area contributed by atoms with Gasteiger partial charge < -0.3 is 14.4 Å². The van der Waals surface area contributed by atoms with E-state index in [9.17, 15) is 9.59 Å². The van der Waals surface area contributed by atoms with Crippen molar-refractivity contribution >= 4 is 18.1 Å². The van der Waals surface area contributed by atoms with E-state index in [1.54, 1.807) is 30.6 Å². The third-order valence-corrected chi connectivity index (χ3v) is 3.89. The molecule has 0 atom stereocenters. The van der Waals surface area contributed by atoms with Crippen LogP contribution in [0, 0.1) is 6.92 Å². The van der Waals surface area contributed by atoms with Gasteiger partial charge in [-0.25, -0.2) is 4.98 Å². The molecule has 8 nitrogen and oxygen atoms in total. The molecule has 2 rings (SSSR count). The van der Waals surface area contributed by atoms with Crippen LogP contribution in [0.3, 0.4) is 0 Å². The molecule has 0 saturated heterocycles. The SMILES string of the molecule is Cc1cc(CCCCN(C)C(=O)c2c(N(C)C=O)ncn2C)n[nH]1. The highest BCUT2D eigenvalue weighted by molar-refractivity contribution is 5.99. The molecule has 8 heteroatoms. The summed E-state index contributed by atoms with van der Waals surface area (Å²) in [5.74, 6) is 0.227. The molecule has 0 spiro atoms. The van der Waals surface area contributed by atoms with E-state index >= 15 is 0 Å². The van der Waals surface area contributed by atoms with Crippen LogP contribution in [-0.4, -0.2) is 57.6 Å². The number of imidazole rings is 1. The minimum Gasteiger partial charge on any atom is -0.340 e. The molecule has 130 valence electrons. The van der Waals surface area contributed by atoms with E-state index in [4.69, 9.17) is 0 Å². The smallest absolute Gasteiger partial charge is 0.274 e. The molecule has 0 aliphatic carbocycles. The first-order chi connectivity index (χ1) is 11.4. The number of rotatable bonds is 8. The first kappa shape index (κ1) is 17.7. The summed E-state index contributed by atoms with van der Waals surface area (Å²) in [7, 11) is 5.09. The molecule has 2 heterocycles. The van der Waals surface area contributed by atoms with Gasteiger partial charge in [-0.3, -0.25) is 14.7 Å². The van der Waals surface area contributed by atoms with Gasteiger partial charge in [-0.1, -0.05) is 0 Å². The maximum Gasteiger partial charge on any atom is 0.274 e. The molecule has 2 amide bonds. The zero-order valence-corrected chi connectivity index (χ0v) is 14.6. The fourth-order valence-electron chi connectivity index (χ4n) is 2.51. The van der Waals surface area contributed by atoms with Gasteiger partial charge in [0.25, 0.3) is 5.91 Å². The zero-order valence-electron chi connectivity index (χ0n) is 14.6. The lowest BCUT2D eigenvalue weighted by molar-refractivity contribution is -0.107. The van der Waals surface area contributed by atoms with Crippen LogP contribution in [0.1, 0.15) is 34.7 Å². The second-order valence-corrected chi connectivity index (χ2v) is 5.97. The number of carbonyl (C=O) groups is 2. The number of nitrogens with one attached hydrogen (secondary N) is 1. The number of aromatic nitrogens is 4. The Morgan fingerprint density at radius 1 is 1.38 bits per heavy atom. The number of aromatic amines is 1. The van der Waals surface area contributed by atoms with E-state index in [-0.39, 0.29) is 5.91 Å². The summed E-state index contributed by atoms with van der Waals surface area (Å²) in [6, 6.07) is 2.03. The van der Waals surface area contributed by atoms with Crippen LogP contribution in [0.4, 0.5) is 5.82 Å². The summed E-state index contributed by atoms with van der Waals surface area (Å²) in [5, 5.41) is 7.13. The molecule has 24 heavy (non-hydrogen) atoms. The maximum absolute atomic E-state index is 12.6. The van der Waals surface area contributed by atoms with Gasteiger partial charge in [-0.2, -0.15) is 5.10 Å². The molecule has 1 N–H and O–H groups in total. The van der Waals surface area contributed by atoms with Crippen LogP contribution < -0.4 is 4.90 Å². The minimum absolute atomic E-state index is 0.144. The topological polar surface area (TPSA) is 87.1 Å². The Balaban J connectivity index is 1.90. The van der Waals surface area contributed by atoms with Gasteiger partial charge in [-0.05, 0) is 32.3 Å². The zero-order chi connectivity index (χ0) is 17.7. The van der Waals surface area contributed by atoms with E-state index in [1.807, 2.05) is 13.0 Å². The minimum atomic E-state index is -0.144. The summed E-state index contributed by atoms with van der Waals surface area (Å²) < 4.78 is 1.64. The average molecular weight is 332 g/mol. The average Bonchev–Trinajstić information content (AvgIpc) is 3.15. The summed E-state index contributed by atoms with van der Waals surface area (Å²) in [6.07, 6.45) is 4.90. The number of anilines is 1. The predicted octanol–water partition coefficient (Wildman–Crippen LogP) is 1.14. The van der Waals surface area contributed by atoms with Gasteiger partial charge >= 0.3 is 0 Å². The van der Waals surface area contributed by atoms with Crippen LogP contribution in [0.15, 0.2) is 12.4 Å².